The number of aromatic amines is 1. The van der Waals surface area contributed by atoms with Gasteiger partial charge in [0, 0.05) is 49.7 Å². The molecule has 1 saturated heterocycles. The number of aryl methyl sites for hydroxylation is 1. The summed E-state index contributed by atoms with van der Waals surface area (Å²) >= 11 is 0. The van der Waals surface area contributed by atoms with Crippen molar-refractivity contribution in [1.82, 2.24) is 14.9 Å². The molecular formula is C20H23N3O4. The third-order valence-corrected chi connectivity index (χ3v) is 5.65. The number of aromatic nitrogens is 2. The quantitative estimate of drug-likeness (QED) is 0.783. The summed E-state index contributed by atoms with van der Waals surface area (Å²) in [6.07, 6.45) is 3.68. The van der Waals surface area contributed by atoms with Crippen LogP contribution in [0.1, 0.15) is 18.4 Å². The van der Waals surface area contributed by atoms with Gasteiger partial charge in [-0.3, -0.25) is 14.6 Å². The topological polar surface area (TPSA) is 93.2 Å². The number of carbonyl (C=O) groups is 1. The normalized spacial score (nSPS) is 26.2. The summed E-state index contributed by atoms with van der Waals surface area (Å²) in [4.78, 5) is 37.4. The summed E-state index contributed by atoms with van der Waals surface area (Å²) < 4.78 is 7.21. The summed E-state index contributed by atoms with van der Waals surface area (Å²) in [5.74, 6) is 0.569. The van der Waals surface area contributed by atoms with Crippen LogP contribution in [-0.2, 0) is 22.5 Å². The largest absolute Gasteiger partial charge is 0.377 e. The van der Waals surface area contributed by atoms with Crippen LogP contribution in [0.15, 0.2) is 52.2 Å². The van der Waals surface area contributed by atoms with Gasteiger partial charge in [0.2, 0.25) is 5.91 Å². The van der Waals surface area contributed by atoms with Gasteiger partial charge in [0.25, 0.3) is 5.56 Å². The van der Waals surface area contributed by atoms with E-state index in [1.165, 1.54) is 22.4 Å². The number of nitrogens with zero attached hydrogens (tertiary/aromatic N) is 1. The number of nitrogens with one attached hydrogen (secondary N) is 2. The van der Waals surface area contributed by atoms with Crippen LogP contribution in [0.2, 0.25) is 0 Å². The van der Waals surface area contributed by atoms with Crippen molar-refractivity contribution in [3.63, 3.8) is 0 Å². The van der Waals surface area contributed by atoms with Crippen molar-refractivity contribution in [1.29, 1.82) is 0 Å². The molecular weight excluding hydrogens is 346 g/mol. The SMILES string of the molecule is O=C(CCn1ccc(=O)[nH]c1=O)NC1C2CCOC2C1Cc1ccccc1. The number of amides is 1. The van der Waals surface area contributed by atoms with Gasteiger partial charge in [0.1, 0.15) is 0 Å². The highest BCUT2D eigenvalue weighted by atomic mass is 16.5. The lowest BCUT2D eigenvalue weighted by molar-refractivity contribution is -0.127. The van der Waals surface area contributed by atoms with E-state index >= 15 is 0 Å². The highest BCUT2D eigenvalue weighted by Crippen LogP contribution is 2.45. The molecule has 4 rings (SSSR count). The summed E-state index contributed by atoms with van der Waals surface area (Å²) in [5, 5.41) is 3.15. The molecule has 2 N–H and O–H groups in total. The molecule has 142 valence electrons. The number of rotatable bonds is 6. The highest BCUT2D eigenvalue weighted by Gasteiger charge is 2.53. The van der Waals surface area contributed by atoms with Gasteiger partial charge in [-0.2, -0.15) is 0 Å². The summed E-state index contributed by atoms with van der Waals surface area (Å²) in [6, 6.07) is 11.6. The Morgan fingerprint density at radius 3 is 2.81 bits per heavy atom. The van der Waals surface area contributed by atoms with Crippen LogP contribution in [0.3, 0.4) is 0 Å². The minimum atomic E-state index is -0.495. The summed E-state index contributed by atoms with van der Waals surface area (Å²) in [6.45, 7) is 0.988. The Balaban J connectivity index is 1.37. The molecule has 0 bridgehead atoms. The minimum absolute atomic E-state index is 0.0819. The molecule has 7 heteroatoms. The number of H-pyrrole nitrogens is 1. The van der Waals surface area contributed by atoms with Gasteiger partial charge >= 0.3 is 5.69 Å². The van der Waals surface area contributed by atoms with Gasteiger partial charge in [-0.15, -0.1) is 0 Å². The molecule has 2 heterocycles. The first-order valence-electron chi connectivity index (χ1n) is 9.36. The maximum Gasteiger partial charge on any atom is 0.328 e. The molecule has 1 aromatic carbocycles. The lowest BCUT2D eigenvalue weighted by Crippen LogP contribution is -2.62. The standard InChI is InChI=1S/C20H23N3O4/c24-16(6-9-23-10-7-17(25)22-20(23)26)21-18-14-8-11-27-19(14)15(18)12-13-4-2-1-3-5-13/h1-5,7,10,14-15,18-19H,6,8-9,11-12H2,(H,21,24)(H,22,25,26). The second-order valence-corrected chi connectivity index (χ2v) is 7.29. The van der Waals surface area contributed by atoms with Crippen molar-refractivity contribution < 1.29 is 9.53 Å². The number of hydrogen-bond acceptors (Lipinski definition) is 4. The van der Waals surface area contributed by atoms with Gasteiger partial charge < -0.3 is 14.6 Å². The van der Waals surface area contributed by atoms with Crippen molar-refractivity contribution in [2.24, 2.45) is 11.8 Å². The summed E-state index contributed by atoms with van der Waals surface area (Å²) in [5.41, 5.74) is 0.312. The van der Waals surface area contributed by atoms with E-state index in [4.69, 9.17) is 4.74 Å². The molecule has 1 saturated carbocycles. The first-order chi connectivity index (χ1) is 13.1. The molecule has 1 aliphatic heterocycles. The Morgan fingerprint density at radius 2 is 2.04 bits per heavy atom. The lowest BCUT2D eigenvalue weighted by Gasteiger charge is -2.48. The summed E-state index contributed by atoms with van der Waals surface area (Å²) in [7, 11) is 0. The molecule has 1 aromatic heterocycles. The molecule has 7 nitrogen and oxygen atoms in total. The van der Waals surface area contributed by atoms with E-state index in [2.05, 4.69) is 22.4 Å². The Kier molecular flexibility index (Phi) is 4.94. The van der Waals surface area contributed by atoms with Crippen molar-refractivity contribution in [2.75, 3.05) is 6.61 Å². The number of benzene rings is 1. The van der Waals surface area contributed by atoms with E-state index < -0.39 is 11.2 Å². The second kappa shape index (κ2) is 7.52. The maximum absolute atomic E-state index is 12.4. The van der Waals surface area contributed by atoms with Gasteiger partial charge in [-0.1, -0.05) is 30.3 Å². The molecule has 2 aromatic rings. The Hall–Kier alpha value is -2.67. The van der Waals surface area contributed by atoms with Crippen molar-refractivity contribution in [3.05, 3.63) is 69.0 Å². The number of hydrogen-bond donors (Lipinski definition) is 2. The lowest BCUT2D eigenvalue weighted by atomic mass is 9.64. The molecule has 4 unspecified atom stereocenters. The first-order valence-corrected chi connectivity index (χ1v) is 9.36. The smallest absolute Gasteiger partial charge is 0.328 e. The zero-order chi connectivity index (χ0) is 18.8. The van der Waals surface area contributed by atoms with Crippen molar-refractivity contribution >= 4 is 5.91 Å². The fourth-order valence-electron chi connectivity index (χ4n) is 4.27. The van der Waals surface area contributed by atoms with Crippen LogP contribution in [0.5, 0.6) is 0 Å². The van der Waals surface area contributed by atoms with Crippen LogP contribution in [-0.4, -0.2) is 34.2 Å². The van der Waals surface area contributed by atoms with E-state index in [1.54, 1.807) is 0 Å². The zero-order valence-corrected chi connectivity index (χ0v) is 15.0. The Morgan fingerprint density at radius 1 is 1.22 bits per heavy atom. The van der Waals surface area contributed by atoms with Gasteiger partial charge in [-0.25, -0.2) is 4.79 Å². The van der Waals surface area contributed by atoms with E-state index in [0.29, 0.717) is 5.92 Å². The number of fused-ring (bicyclic) bond motifs is 1. The first kappa shape index (κ1) is 17.7. The van der Waals surface area contributed by atoms with Crippen molar-refractivity contribution in [3.8, 4) is 0 Å². The van der Waals surface area contributed by atoms with Crippen LogP contribution in [0, 0.1) is 11.8 Å². The molecule has 1 amide bonds. The van der Waals surface area contributed by atoms with Gasteiger partial charge in [0.05, 0.1) is 6.10 Å². The van der Waals surface area contributed by atoms with Gasteiger partial charge in [0.15, 0.2) is 0 Å². The van der Waals surface area contributed by atoms with Gasteiger partial charge in [-0.05, 0) is 18.4 Å². The second-order valence-electron chi connectivity index (χ2n) is 7.29. The van der Waals surface area contributed by atoms with Crippen LogP contribution in [0.25, 0.3) is 0 Å². The average Bonchev–Trinajstić information content (AvgIpc) is 3.09. The Bertz CT molecular complexity index is 921. The fourth-order valence-corrected chi connectivity index (χ4v) is 4.27. The van der Waals surface area contributed by atoms with Crippen LogP contribution < -0.4 is 16.6 Å². The predicted octanol–water partition coefficient (Wildman–Crippen LogP) is 0.689. The van der Waals surface area contributed by atoms with E-state index in [9.17, 15) is 14.4 Å². The number of carbonyl (C=O) groups excluding carboxylic acids is 1. The molecule has 2 fully saturated rings. The Labute approximate surface area is 156 Å². The third kappa shape index (κ3) is 3.73. The maximum atomic E-state index is 12.4. The monoisotopic (exact) mass is 369 g/mol. The zero-order valence-electron chi connectivity index (χ0n) is 15.0. The molecule has 2 aliphatic rings. The number of ether oxygens (including phenoxy) is 1. The predicted molar refractivity (Wildman–Crippen MR) is 99.4 cm³/mol. The molecule has 27 heavy (non-hydrogen) atoms. The fraction of sp³-hybridized carbons (Fsp3) is 0.450. The van der Waals surface area contributed by atoms with E-state index in [1.807, 2.05) is 18.2 Å². The third-order valence-electron chi connectivity index (χ3n) is 5.65. The van der Waals surface area contributed by atoms with Crippen LogP contribution in [0.4, 0.5) is 0 Å². The molecule has 4 atom stereocenters. The molecule has 0 spiro atoms. The molecule has 0 radical (unpaired) electrons. The van der Waals surface area contributed by atoms with E-state index in [-0.39, 0.29) is 36.9 Å². The molecule has 1 aliphatic carbocycles. The van der Waals surface area contributed by atoms with Crippen molar-refractivity contribution in [2.45, 2.75) is 38.0 Å². The highest BCUT2D eigenvalue weighted by molar-refractivity contribution is 5.76. The average molecular weight is 369 g/mol. The minimum Gasteiger partial charge on any atom is -0.377 e. The van der Waals surface area contributed by atoms with E-state index in [0.717, 1.165) is 19.4 Å². The van der Waals surface area contributed by atoms with Crippen LogP contribution >= 0.6 is 0 Å².